The van der Waals surface area contributed by atoms with Crippen molar-refractivity contribution < 1.29 is 14.8 Å². The van der Waals surface area contributed by atoms with Gasteiger partial charge in [-0.05, 0) is 12.1 Å². The number of benzene rings is 1. The molecule has 5 nitrogen and oxygen atoms in total. The highest BCUT2D eigenvalue weighted by molar-refractivity contribution is 9.10. The molecule has 1 N–H and O–H groups in total. The average Bonchev–Trinajstić information content (AvgIpc) is 2.26. The molecule has 0 unspecified atom stereocenters. The van der Waals surface area contributed by atoms with E-state index in [0.717, 1.165) is 6.20 Å². The molecule has 0 saturated heterocycles. The Labute approximate surface area is 101 Å². The van der Waals surface area contributed by atoms with E-state index in [9.17, 15) is 10.1 Å². The fourth-order valence-corrected chi connectivity index (χ4v) is 1.72. The molecule has 0 bridgehead atoms. The zero-order valence-electron chi connectivity index (χ0n) is 8.51. The molecule has 6 heteroatoms. The number of ether oxygens (including phenoxy) is 1. The monoisotopic (exact) mass is 287 g/mol. The summed E-state index contributed by atoms with van der Waals surface area (Å²) in [5.74, 6) is 0.426. The minimum absolute atomic E-state index is 0.204. The highest BCUT2D eigenvalue weighted by atomic mass is 79.9. The van der Waals surface area contributed by atoms with Crippen LogP contribution >= 0.6 is 15.9 Å². The van der Waals surface area contributed by atoms with Crippen molar-refractivity contribution in [3.63, 3.8) is 0 Å². The fourth-order valence-electron chi connectivity index (χ4n) is 1.28. The predicted octanol–water partition coefficient (Wildman–Crippen LogP) is 2.20. The first-order chi connectivity index (χ1) is 7.60. The Morgan fingerprint density at radius 3 is 2.81 bits per heavy atom. The molecule has 16 heavy (non-hydrogen) atoms. The summed E-state index contributed by atoms with van der Waals surface area (Å²) in [5, 5.41) is 19.4. The highest BCUT2D eigenvalue weighted by Crippen LogP contribution is 2.31. The van der Waals surface area contributed by atoms with Crippen molar-refractivity contribution in [3.05, 3.63) is 44.0 Å². The van der Waals surface area contributed by atoms with E-state index in [1.165, 1.54) is 13.2 Å². The largest absolute Gasteiger partial charge is 0.496 e. The summed E-state index contributed by atoms with van der Waals surface area (Å²) in [7, 11) is 1.45. The van der Waals surface area contributed by atoms with E-state index < -0.39 is 4.92 Å². The number of hydrogen-bond donors (Lipinski definition) is 1. The number of aliphatic hydroxyl groups excluding tert-OH is 1. The van der Waals surface area contributed by atoms with Crippen molar-refractivity contribution in [3.8, 4) is 5.75 Å². The Balaban J connectivity index is 3.24. The van der Waals surface area contributed by atoms with Gasteiger partial charge in [0.15, 0.2) is 0 Å². The first kappa shape index (κ1) is 12.7. The lowest BCUT2D eigenvalue weighted by Crippen LogP contribution is -1.96. The standard InChI is InChI=1S/C10H10BrNO4/c1-16-10-7(4-5-12(14)15)2-3-9(11)8(10)6-13/h2-5,13H,6H2,1H3/b5-4-. The quantitative estimate of drug-likeness (QED) is 0.681. The Morgan fingerprint density at radius 2 is 2.31 bits per heavy atom. The second kappa shape index (κ2) is 5.62. The molecule has 0 fully saturated rings. The summed E-state index contributed by atoms with van der Waals surface area (Å²) in [6.45, 7) is -0.204. The van der Waals surface area contributed by atoms with Crippen LogP contribution in [0.4, 0.5) is 0 Å². The molecule has 0 aliphatic heterocycles. The molecule has 0 spiro atoms. The van der Waals surface area contributed by atoms with Gasteiger partial charge in [-0.25, -0.2) is 0 Å². The van der Waals surface area contributed by atoms with Gasteiger partial charge in [-0.15, -0.1) is 0 Å². The molecule has 0 aliphatic carbocycles. The van der Waals surface area contributed by atoms with E-state index >= 15 is 0 Å². The van der Waals surface area contributed by atoms with Crippen molar-refractivity contribution in [2.75, 3.05) is 7.11 Å². The molecule has 0 aromatic heterocycles. The van der Waals surface area contributed by atoms with Crippen LogP contribution in [0.1, 0.15) is 11.1 Å². The number of halogens is 1. The molecule has 0 atom stereocenters. The maximum atomic E-state index is 10.2. The number of aliphatic hydroxyl groups is 1. The number of rotatable bonds is 4. The van der Waals surface area contributed by atoms with Crippen LogP contribution in [-0.2, 0) is 6.61 Å². The molecule has 0 amide bonds. The van der Waals surface area contributed by atoms with E-state index in [2.05, 4.69) is 15.9 Å². The zero-order chi connectivity index (χ0) is 12.1. The maximum absolute atomic E-state index is 10.2. The maximum Gasteiger partial charge on any atom is 0.235 e. The minimum Gasteiger partial charge on any atom is -0.496 e. The SMILES string of the molecule is COc1c(/C=C\[N+](=O)[O-])ccc(Br)c1CO. The third-order valence-corrected chi connectivity index (χ3v) is 2.71. The van der Waals surface area contributed by atoms with Crippen molar-refractivity contribution in [1.29, 1.82) is 0 Å². The normalized spacial score (nSPS) is 10.7. The highest BCUT2D eigenvalue weighted by Gasteiger charge is 2.10. The third-order valence-electron chi connectivity index (χ3n) is 1.97. The summed E-state index contributed by atoms with van der Waals surface area (Å²) < 4.78 is 5.82. The summed E-state index contributed by atoms with van der Waals surface area (Å²) in [6, 6.07) is 3.37. The lowest BCUT2D eigenvalue weighted by Gasteiger charge is -2.10. The van der Waals surface area contributed by atoms with E-state index in [1.807, 2.05) is 0 Å². The second-order valence-corrected chi connectivity index (χ2v) is 3.76. The molecule has 1 aromatic rings. The number of nitro groups is 1. The number of nitrogens with zero attached hydrogens (tertiary/aromatic N) is 1. The van der Waals surface area contributed by atoms with E-state index in [4.69, 9.17) is 9.84 Å². The smallest absolute Gasteiger partial charge is 0.235 e. The molecule has 0 heterocycles. The topological polar surface area (TPSA) is 72.6 Å². The number of hydrogen-bond acceptors (Lipinski definition) is 4. The lowest BCUT2D eigenvalue weighted by molar-refractivity contribution is -0.400. The van der Waals surface area contributed by atoms with Gasteiger partial charge in [0.25, 0.3) is 0 Å². The van der Waals surface area contributed by atoms with E-state index in [0.29, 0.717) is 21.3 Å². The zero-order valence-corrected chi connectivity index (χ0v) is 10.1. The van der Waals surface area contributed by atoms with Crippen molar-refractivity contribution in [1.82, 2.24) is 0 Å². The molecule has 86 valence electrons. The van der Waals surface area contributed by atoms with Gasteiger partial charge in [-0.1, -0.05) is 15.9 Å². The van der Waals surface area contributed by atoms with Crippen LogP contribution in [0.25, 0.3) is 6.08 Å². The Hall–Kier alpha value is -1.40. The van der Waals surface area contributed by atoms with Gasteiger partial charge >= 0.3 is 0 Å². The third kappa shape index (κ3) is 2.80. The molecule has 0 aliphatic rings. The molecule has 0 saturated carbocycles. The van der Waals surface area contributed by atoms with Crippen LogP contribution in [0.3, 0.4) is 0 Å². The van der Waals surface area contributed by atoms with E-state index in [-0.39, 0.29) is 6.61 Å². The van der Waals surface area contributed by atoms with E-state index in [1.54, 1.807) is 12.1 Å². The second-order valence-electron chi connectivity index (χ2n) is 2.91. The number of methoxy groups -OCH3 is 1. The van der Waals surface area contributed by atoms with Gasteiger partial charge < -0.3 is 9.84 Å². The first-order valence-corrected chi connectivity index (χ1v) is 5.17. The van der Waals surface area contributed by atoms with Crippen molar-refractivity contribution in [2.45, 2.75) is 6.61 Å². The lowest BCUT2D eigenvalue weighted by atomic mass is 10.1. The van der Waals surface area contributed by atoms with Crippen LogP contribution in [0.5, 0.6) is 5.75 Å². The van der Waals surface area contributed by atoms with Gasteiger partial charge in [0.1, 0.15) is 5.75 Å². The van der Waals surface area contributed by atoms with Crippen LogP contribution in [0, 0.1) is 10.1 Å². The van der Waals surface area contributed by atoms with Gasteiger partial charge in [-0.3, -0.25) is 10.1 Å². The summed E-state index contributed by atoms with van der Waals surface area (Å²) in [5.41, 5.74) is 1.11. The molecular weight excluding hydrogens is 278 g/mol. The summed E-state index contributed by atoms with van der Waals surface area (Å²) in [4.78, 5) is 9.66. The summed E-state index contributed by atoms with van der Waals surface area (Å²) >= 11 is 3.26. The van der Waals surface area contributed by atoms with Gasteiger partial charge in [0, 0.05) is 21.7 Å². The van der Waals surface area contributed by atoms with Crippen molar-refractivity contribution in [2.24, 2.45) is 0 Å². The van der Waals surface area contributed by atoms with Crippen LogP contribution in [0.15, 0.2) is 22.8 Å². The van der Waals surface area contributed by atoms with Crippen molar-refractivity contribution >= 4 is 22.0 Å². The average molecular weight is 288 g/mol. The van der Waals surface area contributed by atoms with Gasteiger partial charge in [0.2, 0.25) is 6.20 Å². The van der Waals surface area contributed by atoms with Crippen LogP contribution in [0.2, 0.25) is 0 Å². The Bertz CT molecular complexity index is 431. The van der Waals surface area contributed by atoms with Crippen LogP contribution < -0.4 is 4.74 Å². The molecular formula is C10H10BrNO4. The summed E-state index contributed by atoms with van der Waals surface area (Å²) in [6.07, 6.45) is 2.15. The first-order valence-electron chi connectivity index (χ1n) is 4.38. The van der Waals surface area contributed by atoms with Gasteiger partial charge in [-0.2, -0.15) is 0 Å². The molecule has 1 rings (SSSR count). The van der Waals surface area contributed by atoms with Crippen LogP contribution in [-0.4, -0.2) is 17.1 Å². The fraction of sp³-hybridized carbons (Fsp3) is 0.200. The van der Waals surface area contributed by atoms with Gasteiger partial charge in [0.05, 0.1) is 18.6 Å². The Morgan fingerprint density at radius 1 is 1.62 bits per heavy atom. The Kier molecular flexibility index (Phi) is 4.45. The molecule has 0 radical (unpaired) electrons. The predicted molar refractivity (Wildman–Crippen MR) is 62.6 cm³/mol. The minimum atomic E-state index is -0.555. The molecule has 1 aromatic carbocycles.